The molecule has 0 aliphatic heterocycles. The number of carbonyl (C=O) groups excluding carboxylic acids is 3. The van der Waals surface area contributed by atoms with Crippen LogP contribution in [0.25, 0.3) is 0 Å². The number of amides is 2. The third-order valence-electron chi connectivity index (χ3n) is 5.91. The Hall–Kier alpha value is -2.84. The van der Waals surface area contributed by atoms with Gasteiger partial charge in [0.05, 0.1) is 6.04 Å². The van der Waals surface area contributed by atoms with Crippen molar-refractivity contribution in [1.29, 1.82) is 0 Å². The van der Waals surface area contributed by atoms with Gasteiger partial charge in [0.25, 0.3) is 0 Å². The van der Waals surface area contributed by atoms with Gasteiger partial charge in [0, 0.05) is 6.42 Å². The Morgan fingerprint density at radius 2 is 1.49 bits per heavy atom. The number of benzene rings is 2. The second-order valence-electron chi connectivity index (χ2n) is 8.60. The molecule has 0 fully saturated rings. The molecule has 0 aromatic heterocycles. The molecule has 4 N–H and O–H groups in total. The Kier molecular flexibility index (Phi) is 12.3. The summed E-state index contributed by atoms with van der Waals surface area (Å²) in [4.78, 5) is 38.9. The molecule has 0 radical (unpaired) electrons. The van der Waals surface area contributed by atoms with Gasteiger partial charge in [-0.2, -0.15) is 11.8 Å². The van der Waals surface area contributed by atoms with Crippen molar-refractivity contribution in [2.24, 2.45) is 11.7 Å². The molecule has 0 heterocycles. The topological polar surface area (TPSA) is 111 Å². The molecule has 2 amide bonds. The highest BCUT2D eigenvalue weighted by molar-refractivity contribution is 7.98. The minimum Gasteiger partial charge on any atom is -0.459 e. The third-order valence-corrected chi connectivity index (χ3v) is 6.55. The zero-order valence-corrected chi connectivity index (χ0v) is 21.6. The first-order valence-corrected chi connectivity index (χ1v) is 13.3. The number of hydrogen-bond donors (Lipinski definition) is 3. The number of rotatable bonds is 14. The highest BCUT2D eigenvalue weighted by Crippen LogP contribution is 2.10. The van der Waals surface area contributed by atoms with Crippen molar-refractivity contribution in [2.45, 2.75) is 57.8 Å². The van der Waals surface area contributed by atoms with Crippen molar-refractivity contribution in [3.63, 3.8) is 0 Å². The molecular formula is C27H37N3O4S. The normalized spacial score (nSPS) is 14.3. The van der Waals surface area contributed by atoms with Crippen LogP contribution in [0, 0.1) is 5.92 Å². The average molecular weight is 500 g/mol. The second-order valence-corrected chi connectivity index (χ2v) is 9.58. The highest BCUT2D eigenvalue weighted by Gasteiger charge is 2.30. The summed E-state index contributed by atoms with van der Waals surface area (Å²) in [5.41, 5.74) is 7.85. The fraction of sp³-hybridized carbons (Fsp3) is 0.444. The lowest BCUT2D eigenvalue weighted by Crippen LogP contribution is -2.56. The minimum atomic E-state index is -0.876. The van der Waals surface area contributed by atoms with Crippen LogP contribution in [-0.2, 0) is 32.1 Å². The standard InChI is InChI=1S/C27H37N3O4S/c1-4-19(2)24(28)26(32)30-23(17-20-11-7-5-8-12-20)25(31)29-22(15-16-35-3)27(33)34-18-21-13-9-6-10-14-21/h5-14,19,22-24H,4,15-18,28H2,1-3H3,(H,29,31)(H,30,32). The molecule has 2 aromatic rings. The minimum absolute atomic E-state index is 0.0299. The van der Waals surface area contributed by atoms with Crippen LogP contribution in [0.5, 0.6) is 0 Å². The number of ether oxygens (including phenoxy) is 1. The Bertz CT molecular complexity index is 927. The molecule has 7 nitrogen and oxygen atoms in total. The summed E-state index contributed by atoms with van der Waals surface area (Å²) in [5, 5.41) is 5.62. The monoisotopic (exact) mass is 499 g/mol. The van der Waals surface area contributed by atoms with Gasteiger partial charge in [-0.15, -0.1) is 0 Å². The van der Waals surface area contributed by atoms with Crippen molar-refractivity contribution >= 4 is 29.5 Å². The predicted molar refractivity (Wildman–Crippen MR) is 141 cm³/mol. The first-order valence-electron chi connectivity index (χ1n) is 11.9. The van der Waals surface area contributed by atoms with E-state index in [1.807, 2.05) is 80.8 Å². The van der Waals surface area contributed by atoms with Crippen molar-refractivity contribution in [1.82, 2.24) is 10.6 Å². The zero-order valence-electron chi connectivity index (χ0n) is 20.7. The molecule has 4 atom stereocenters. The van der Waals surface area contributed by atoms with E-state index in [-0.39, 0.29) is 24.9 Å². The molecule has 190 valence electrons. The van der Waals surface area contributed by atoms with E-state index in [2.05, 4.69) is 10.6 Å². The van der Waals surface area contributed by atoms with Crippen LogP contribution >= 0.6 is 11.8 Å². The van der Waals surface area contributed by atoms with E-state index in [1.54, 1.807) is 11.8 Å². The number of nitrogens with one attached hydrogen (secondary N) is 2. The lowest BCUT2D eigenvalue weighted by Gasteiger charge is -2.25. The van der Waals surface area contributed by atoms with E-state index >= 15 is 0 Å². The van der Waals surface area contributed by atoms with Crippen molar-refractivity contribution in [3.05, 3.63) is 71.8 Å². The van der Waals surface area contributed by atoms with Crippen LogP contribution in [0.4, 0.5) is 0 Å². The SMILES string of the molecule is CCC(C)C(N)C(=O)NC(Cc1ccccc1)C(=O)NC(CCSC)C(=O)OCc1ccccc1. The molecule has 4 unspecified atom stereocenters. The lowest BCUT2D eigenvalue weighted by atomic mass is 9.98. The molecule has 35 heavy (non-hydrogen) atoms. The van der Waals surface area contributed by atoms with E-state index in [0.29, 0.717) is 12.2 Å². The quantitative estimate of drug-likeness (QED) is 0.345. The van der Waals surface area contributed by atoms with E-state index in [0.717, 1.165) is 17.5 Å². The van der Waals surface area contributed by atoms with E-state index in [4.69, 9.17) is 10.5 Å². The predicted octanol–water partition coefficient (Wildman–Crippen LogP) is 3.07. The average Bonchev–Trinajstić information content (AvgIpc) is 2.89. The molecule has 0 aliphatic rings. The summed E-state index contributed by atoms with van der Waals surface area (Å²) in [6.07, 6.45) is 3.37. The number of carbonyl (C=O) groups is 3. The zero-order chi connectivity index (χ0) is 25.6. The summed E-state index contributed by atoms with van der Waals surface area (Å²) >= 11 is 1.57. The van der Waals surface area contributed by atoms with Crippen LogP contribution in [0.1, 0.15) is 37.8 Å². The van der Waals surface area contributed by atoms with Crippen molar-refractivity contribution < 1.29 is 19.1 Å². The molecule has 0 aliphatic carbocycles. The van der Waals surface area contributed by atoms with E-state index in [9.17, 15) is 14.4 Å². The number of hydrogen-bond acceptors (Lipinski definition) is 6. The number of esters is 1. The molecule has 2 aromatic carbocycles. The first kappa shape index (κ1) is 28.4. The smallest absolute Gasteiger partial charge is 0.329 e. The maximum absolute atomic E-state index is 13.3. The van der Waals surface area contributed by atoms with Gasteiger partial charge in [-0.1, -0.05) is 80.9 Å². The summed E-state index contributed by atoms with van der Waals surface area (Å²) in [5.74, 6) is -0.695. The largest absolute Gasteiger partial charge is 0.459 e. The van der Waals surface area contributed by atoms with Crippen molar-refractivity contribution in [3.8, 4) is 0 Å². The molecule has 0 saturated heterocycles. The Morgan fingerprint density at radius 3 is 2.06 bits per heavy atom. The van der Waals surface area contributed by atoms with Gasteiger partial charge >= 0.3 is 5.97 Å². The van der Waals surface area contributed by atoms with Crippen LogP contribution in [-0.4, -0.2) is 47.9 Å². The van der Waals surface area contributed by atoms with Gasteiger partial charge in [-0.3, -0.25) is 9.59 Å². The Morgan fingerprint density at radius 1 is 0.914 bits per heavy atom. The highest BCUT2D eigenvalue weighted by atomic mass is 32.2. The third kappa shape index (κ3) is 9.74. The van der Waals surface area contributed by atoms with Crippen molar-refractivity contribution in [2.75, 3.05) is 12.0 Å². The molecule has 2 rings (SSSR count). The van der Waals surface area contributed by atoms with Gasteiger partial charge in [0.15, 0.2) is 0 Å². The van der Waals surface area contributed by atoms with Crippen LogP contribution in [0.2, 0.25) is 0 Å². The number of thioether (sulfide) groups is 1. The van der Waals surface area contributed by atoms with E-state index in [1.165, 1.54) is 0 Å². The van der Waals surface area contributed by atoms with E-state index < -0.39 is 30.0 Å². The number of nitrogens with two attached hydrogens (primary N) is 1. The van der Waals surface area contributed by atoms with Crippen LogP contribution in [0.3, 0.4) is 0 Å². The summed E-state index contributed by atoms with van der Waals surface area (Å²) in [6.45, 7) is 3.99. The molecule has 0 spiro atoms. The Balaban J connectivity index is 2.13. The molecular weight excluding hydrogens is 462 g/mol. The fourth-order valence-electron chi connectivity index (χ4n) is 3.43. The van der Waals surface area contributed by atoms with Gasteiger partial charge in [0.2, 0.25) is 11.8 Å². The maximum atomic E-state index is 13.3. The van der Waals surface area contributed by atoms with Gasteiger partial charge < -0.3 is 21.1 Å². The lowest BCUT2D eigenvalue weighted by molar-refractivity contribution is -0.149. The summed E-state index contributed by atoms with van der Waals surface area (Å²) < 4.78 is 5.48. The molecule has 0 bridgehead atoms. The maximum Gasteiger partial charge on any atom is 0.329 e. The van der Waals surface area contributed by atoms with Crippen LogP contribution < -0.4 is 16.4 Å². The first-order chi connectivity index (χ1) is 16.8. The second kappa shape index (κ2) is 15.2. The summed E-state index contributed by atoms with van der Waals surface area (Å²) in [7, 11) is 0. The molecule has 0 saturated carbocycles. The molecule has 8 heteroatoms. The fourth-order valence-corrected chi connectivity index (χ4v) is 3.90. The van der Waals surface area contributed by atoms with Gasteiger partial charge in [-0.05, 0) is 35.5 Å². The summed E-state index contributed by atoms with van der Waals surface area (Å²) in [6, 6.07) is 16.4. The van der Waals surface area contributed by atoms with Gasteiger partial charge in [-0.25, -0.2) is 4.79 Å². The Labute approximate surface area is 212 Å². The van der Waals surface area contributed by atoms with Gasteiger partial charge in [0.1, 0.15) is 18.7 Å². The van der Waals surface area contributed by atoms with Crippen LogP contribution in [0.15, 0.2) is 60.7 Å².